The zero-order valence-corrected chi connectivity index (χ0v) is 14.4. The second-order valence-corrected chi connectivity index (χ2v) is 6.40. The summed E-state index contributed by atoms with van der Waals surface area (Å²) in [6.07, 6.45) is 0. The molecule has 22 heavy (non-hydrogen) atoms. The molecule has 3 rings (SSSR count). The fraction of sp³-hybridized carbons (Fsp3) is 0.375. The van der Waals surface area contributed by atoms with Crippen LogP contribution in [0.25, 0.3) is 0 Å². The maximum Gasteiger partial charge on any atom is 0.255 e. The first kappa shape index (κ1) is 15.1. The lowest BCUT2D eigenvalue weighted by atomic mass is 10.1. The molecular formula is C16H19BrN4O. The van der Waals surface area contributed by atoms with Crippen molar-refractivity contribution < 1.29 is 4.79 Å². The van der Waals surface area contributed by atoms with E-state index in [1.54, 1.807) is 0 Å². The van der Waals surface area contributed by atoms with E-state index < -0.39 is 0 Å². The van der Waals surface area contributed by atoms with Gasteiger partial charge in [-0.1, -0.05) is 12.1 Å². The van der Waals surface area contributed by atoms with Gasteiger partial charge in [0.1, 0.15) is 0 Å². The van der Waals surface area contributed by atoms with Gasteiger partial charge >= 0.3 is 0 Å². The molecule has 0 atom stereocenters. The van der Waals surface area contributed by atoms with E-state index in [1.165, 1.54) is 5.69 Å². The van der Waals surface area contributed by atoms with Gasteiger partial charge in [0.15, 0.2) is 0 Å². The van der Waals surface area contributed by atoms with Crippen molar-refractivity contribution in [1.82, 2.24) is 15.1 Å². The van der Waals surface area contributed by atoms with E-state index in [2.05, 4.69) is 31.0 Å². The van der Waals surface area contributed by atoms with E-state index in [0.717, 1.165) is 47.6 Å². The van der Waals surface area contributed by atoms with Crippen LogP contribution in [0.3, 0.4) is 0 Å². The second kappa shape index (κ2) is 6.12. The Morgan fingerprint density at radius 1 is 1.18 bits per heavy atom. The van der Waals surface area contributed by atoms with Gasteiger partial charge in [-0.05, 0) is 41.9 Å². The van der Waals surface area contributed by atoms with Crippen molar-refractivity contribution in [2.45, 2.75) is 13.8 Å². The molecule has 1 aromatic carbocycles. The third-order valence-electron chi connectivity index (χ3n) is 4.08. The van der Waals surface area contributed by atoms with E-state index in [0.29, 0.717) is 0 Å². The van der Waals surface area contributed by atoms with Gasteiger partial charge in [-0.3, -0.25) is 9.89 Å². The Morgan fingerprint density at radius 2 is 1.86 bits per heavy atom. The molecule has 2 heterocycles. The molecule has 1 aromatic heterocycles. The number of H-pyrrole nitrogens is 1. The summed E-state index contributed by atoms with van der Waals surface area (Å²) in [5, 5.41) is 7.27. The highest BCUT2D eigenvalue weighted by molar-refractivity contribution is 9.10. The van der Waals surface area contributed by atoms with E-state index in [9.17, 15) is 4.79 Å². The molecule has 6 heteroatoms. The predicted molar refractivity (Wildman–Crippen MR) is 90.3 cm³/mol. The molecule has 116 valence electrons. The number of carbonyl (C=O) groups excluding carboxylic acids is 1. The van der Waals surface area contributed by atoms with E-state index in [-0.39, 0.29) is 5.91 Å². The Bertz CT molecular complexity index is 670. The van der Waals surface area contributed by atoms with Gasteiger partial charge in [-0.2, -0.15) is 5.10 Å². The third-order valence-corrected chi connectivity index (χ3v) is 4.77. The van der Waals surface area contributed by atoms with Crippen LogP contribution in [0.15, 0.2) is 28.7 Å². The highest BCUT2D eigenvalue weighted by Crippen LogP contribution is 2.24. The number of benzene rings is 1. The van der Waals surface area contributed by atoms with E-state index in [4.69, 9.17) is 0 Å². The van der Waals surface area contributed by atoms with Gasteiger partial charge in [0, 0.05) is 30.7 Å². The fourth-order valence-electron chi connectivity index (χ4n) is 2.95. The number of rotatable bonds is 2. The van der Waals surface area contributed by atoms with Crippen LogP contribution in [0.5, 0.6) is 0 Å². The maximum absolute atomic E-state index is 12.6. The highest BCUT2D eigenvalue weighted by Gasteiger charge is 2.25. The van der Waals surface area contributed by atoms with Crippen molar-refractivity contribution in [1.29, 1.82) is 0 Å². The fourth-order valence-corrected chi connectivity index (χ4v) is 3.40. The SMILES string of the molecule is Cc1n[nH]c(C)c1N1CCN(C(=O)c2ccccc2Br)CC1. The van der Waals surface area contributed by atoms with Crippen molar-refractivity contribution in [2.75, 3.05) is 31.1 Å². The minimum Gasteiger partial charge on any atom is -0.365 e. The van der Waals surface area contributed by atoms with Gasteiger partial charge in [0.2, 0.25) is 0 Å². The minimum absolute atomic E-state index is 0.0905. The van der Waals surface area contributed by atoms with Crippen molar-refractivity contribution in [3.05, 3.63) is 45.7 Å². The lowest BCUT2D eigenvalue weighted by molar-refractivity contribution is 0.0746. The number of carbonyl (C=O) groups is 1. The molecule has 2 aromatic rings. The molecule has 0 spiro atoms. The summed E-state index contributed by atoms with van der Waals surface area (Å²) in [4.78, 5) is 16.8. The zero-order valence-electron chi connectivity index (χ0n) is 12.8. The quantitative estimate of drug-likeness (QED) is 0.893. The van der Waals surface area contributed by atoms with Crippen LogP contribution >= 0.6 is 15.9 Å². The zero-order chi connectivity index (χ0) is 15.7. The summed E-state index contributed by atoms with van der Waals surface area (Å²) < 4.78 is 0.851. The van der Waals surface area contributed by atoms with Crippen LogP contribution in [0.2, 0.25) is 0 Å². The number of nitrogens with zero attached hydrogens (tertiary/aromatic N) is 3. The van der Waals surface area contributed by atoms with Gasteiger partial charge in [0.05, 0.1) is 22.6 Å². The molecule has 1 N–H and O–H groups in total. The maximum atomic E-state index is 12.6. The third kappa shape index (κ3) is 2.75. The molecular weight excluding hydrogens is 344 g/mol. The number of aryl methyl sites for hydroxylation is 2. The van der Waals surface area contributed by atoms with Gasteiger partial charge in [-0.25, -0.2) is 0 Å². The second-order valence-electron chi connectivity index (χ2n) is 5.54. The Labute approximate surface area is 138 Å². The Balaban J connectivity index is 1.70. The number of halogens is 1. The molecule has 5 nitrogen and oxygen atoms in total. The molecule has 0 unspecified atom stereocenters. The van der Waals surface area contributed by atoms with Gasteiger partial charge in [-0.15, -0.1) is 0 Å². The first-order valence-electron chi connectivity index (χ1n) is 7.38. The van der Waals surface area contributed by atoms with Crippen LogP contribution in [0, 0.1) is 13.8 Å². The standard InChI is InChI=1S/C16H19BrN4O/c1-11-15(12(2)19-18-11)20-7-9-21(10-8-20)16(22)13-5-3-4-6-14(13)17/h3-6H,7-10H2,1-2H3,(H,18,19). The average Bonchev–Trinajstić information content (AvgIpc) is 2.86. The molecule has 0 aliphatic carbocycles. The number of nitrogens with one attached hydrogen (secondary N) is 1. The lowest BCUT2D eigenvalue weighted by Gasteiger charge is -2.36. The smallest absolute Gasteiger partial charge is 0.255 e. The van der Waals surface area contributed by atoms with Crippen LogP contribution in [-0.4, -0.2) is 47.2 Å². The first-order valence-corrected chi connectivity index (χ1v) is 8.17. The summed E-state index contributed by atoms with van der Waals surface area (Å²) >= 11 is 3.46. The lowest BCUT2D eigenvalue weighted by Crippen LogP contribution is -2.49. The van der Waals surface area contributed by atoms with Crippen molar-refractivity contribution >= 4 is 27.5 Å². The average molecular weight is 363 g/mol. The summed E-state index contributed by atoms with van der Waals surface area (Å²) in [6.45, 7) is 7.16. The predicted octanol–water partition coefficient (Wildman–Crippen LogP) is 2.75. The highest BCUT2D eigenvalue weighted by atomic mass is 79.9. The van der Waals surface area contributed by atoms with Crippen molar-refractivity contribution in [3.8, 4) is 0 Å². The summed E-state index contributed by atoms with van der Waals surface area (Å²) in [5.41, 5.74) is 4.01. The number of hydrogen-bond acceptors (Lipinski definition) is 3. The van der Waals surface area contributed by atoms with Crippen LogP contribution in [0.4, 0.5) is 5.69 Å². The Hall–Kier alpha value is -1.82. The van der Waals surface area contributed by atoms with Crippen molar-refractivity contribution in [3.63, 3.8) is 0 Å². The number of aromatic nitrogens is 2. The summed E-state index contributed by atoms with van der Waals surface area (Å²) in [6, 6.07) is 7.58. The van der Waals surface area contributed by atoms with Crippen LogP contribution in [0.1, 0.15) is 21.7 Å². The molecule has 1 saturated heterocycles. The number of hydrogen-bond donors (Lipinski definition) is 1. The Kier molecular flexibility index (Phi) is 4.20. The number of piperazine rings is 1. The first-order chi connectivity index (χ1) is 10.6. The molecule has 0 radical (unpaired) electrons. The molecule has 1 aliphatic rings. The van der Waals surface area contributed by atoms with E-state index in [1.807, 2.05) is 43.0 Å². The Morgan fingerprint density at radius 3 is 2.45 bits per heavy atom. The number of anilines is 1. The van der Waals surface area contributed by atoms with Crippen molar-refractivity contribution in [2.24, 2.45) is 0 Å². The number of aromatic amines is 1. The minimum atomic E-state index is 0.0905. The largest absolute Gasteiger partial charge is 0.365 e. The van der Waals surface area contributed by atoms with Crippen LogP contribution < -0.4 is 4.90 Å². The normalized spacial score (nSPS) is 15.2. The topological polar surface area (TPSA) is 52.2 Å². The molecule has 1 fully saturated rings. The van der Waals surface area contributed by atoms with Crippen LogP contribution in [-0.2, 0) is 0 Å². The van der Waals surface area contributed by atoms with E-state index >= 15 is 0 Å². The molecule has 0 bridgehead atoms. The monoisotopic (exact) mass is 362 g/mol. The van der Waals surface area contributed by atoms with Gasteiger partial charge in [0.25, 0.3) is 5.91 Å². The summed E-state index contributed by atoms with van der Waals surface area (Å²) in [7, 11) is 0. The number of amides is 1. The molecule has 1 aliphatic heterocycles. The molecule has 0 saturated carbocycles. The summed E-state index contributed by atoms with van der Waals surface area (Å²) in [5.74, 6) is 0.0905. The van der Waals surface area contributed by atoms with Gasteiger partial charge < -0.3 is 9.80 Å². The molecule has 1 amide bonds.